The number of aryl methyl sites for hydroxylation is 2. The number of nitrogens with zero attached hydrogens (tertiary/aromatic N) is 4. The number of carbonyl (C=O) groups is 1. The number of nitrogens with two attached hydrogens (primary N) is 1. The van der Waals surface area contributed by atoms with Gasteiger partial charge in [-0.3, -0.25) is 4.79 Å². The van der Waals surface area contributed by atoms with Crippen LogP contribution in [0.3, 0.4) is 0 Å². The quantitative estimate of drug-likeness (QED) is 0.761. The number of hydrogen-bond donors (Lipinski definition) is 1. The maximum absolute atomic E-state index is 11.6. The Bertz CT molecular complexity index is 807. The summed E-state index contributed by atoms with van der Waals surface area (Å²) in [5, 5.41) is 4.26. The van der Waals surface area contributed by atoms with Crippen molar-refractivity contribution in [3.63, 3.8) is 0 Å². The van der Waals surface area contributed by atoms with Crippen LogP contribution >= 0.6 is 0 Å². The molecule has 100 valence electrons. The van der Waals surface area contributed by atoms with Crippen LogP contribution in [-0.2, 0) is 7.05 Å². The third kappa shape index (κ3) is 1.82. The molecule has 0 saturated heterocycles. The Morgan fingerprint density at radius 1 is 1.20 bits per heavy atom. The van der Waals surface area contributed by atoms with Gasteiger partial charge >= 0.3 is 0 Å². The SMILES string of the molecule is Cc1nn(C)c2nc(-c3ccccc3)c(C(N)=O)nc12. The van der Waals surface area contributed by atoms with E-state index in [0.29, 0.717) is 16.9 Å². The third-order valence-corrected chi connectivity index (χ3v) is 3.11. The van der Waals surface area contributed by atoms with Crippen molar-refractivity contribution in [2.45, 2.75) is 6.92 Å². The van der Waals surface area contributed by atoms with Gasteiger partial charge in [0.1, 0.15) is 11.2 Å². The van der Waals surface area contributed by atoms with Crippen LogP contribution in [0, 0.1) is 6.92 Å². The highest BCUT2D eigenvalue weighted by Gasteiger charge is 2.18. The Morgan fingerprint density at radius 3 is 2.55 bits per heavy atom. The molecule has 0 radical (unpaired) electrons. The van der Waals surface area contributed by atoms with Crippen molar-refractivity contribution in [2.24, 2.45) is 12.8 Å². The molecule has 3 rings (SSSR count). The Labute approximate surface area is 115 Å². The highest BCUT2D eigenvalue weighted by atomic mass is 16.1. The predicted octanol–water partition coefficient (Wildman–Crippen LogP) is 1.44. The smallest absolute Gasteiger partial charge is 0.269 e. The normalized spacial score (nSPS) is 10.9. The van der Waals surface area contributed by atoms with Gasteiger partial charge in [-0.05, 0) is 6.92 Å². The average molecular weight is 267 g/mol. The first-order chi connectivity index (χ1) is 9.58. The number of primary amides is 1. The molecule has 20 heavy (non-hydrogen) atoms. The lowest BCUT2D eigenvalue weighted by molar-refractivity contribution is 0.0996. The summed E-state index contributed by atoms with van der Waals surface area (Å²) >= 11 is 0. The van der Waals surface area contributed by atoms with Crippen molar-refractivity contribution in [2.75, 3.05) is 0 Å². The van der Waals surface area contributed by atoms with Gasteiger partial charge < -0.3 is 5.73 Å². The van der Waals surface area contributed by atoms with E-state index in [1.54, 1.807) is 11.7 Å². The van der Waals surface area contributed by atoms with Gasteiger partial charge in [-0.2, -0.15) is 5.10 Å². The molecule has 6 nitrogen and oxygen atoms in total. The summed E-state index contributed by atoms with van der Waals surface area (Å²) in [5.74, 6) is -0.596. The Morgan fingerprint density at radius 2 is 1.90 bits per heavy atom. The average Bonchev–Trinajstić information content (AvgIpc) is 2.73. The largest absolute Gasteiger partial charge is 0.364 e. The number of amides is 1. The molecule has 6 heteroatoms. The summed E-state index contributed by atoms with van der Waals surface area (Å²) in [4.78, 5) is 20.5. The van der Waals surface area contributed by atoms with Gasteiger partial charge in [-0.1, -0.05) is 30.3 Å². The van der Waals surface area contributed by atoms with Crippen molar-refractivity contribution in [1.82, 2.24) is 19.7 Å². The Hall–Kier alpha value is -2.76. The molecule has 0 spiro atoms. The molecule has 2 N–H and O–H groups in total. The maximum atomic E-state index is 11.6. The van der Waals surface area contributed by atoms with Crippen LogP contribution in [0.2, 0.25) is 0 Å². The number of aromatic nitrogens is 4. The molecule has 2 heterocycles. The van der Waals surface area contributed by atoms with Gasteiger partial charge in [0.15, 0.2) is 11.3 Å². The standard InChI is InChI=1S/C14H13N5O/c1-8-10-14(19(2)18-8)17-11(12(16-10)13(15)20)9-6-4-3-5-7-9/h3-7H,1-2H3,(H2,15,20). The number of fused-ring (bicyclic) bond motifs is 1. The first kappa shape index (κ1) is 12.3. The highest BCUT2D eigenvalue weighted by molar-refractivity contribution is 5.99. The van der Waals surface area contributed by atoms with E-state index in [0.717, 1.165) is 11.3 Å². The molecular weight excluding hydrogens is 254 g/mol. The van der Waals surface area contributed by atoms with Crippen molar-refractivity contribution in [1.29, 1.82) is 0 Å². The molecule has 0 aliphatic rings. The lowest BCUT2D eigenvalue weighted by atomic mass is 10.1. The second kappa shape index (κ2) is 4.41. The van der Waals surface area contributed by atoms with Gasteiger partial charge in [0.05, 0.1) is 5.69 Å². The molecular formula is C14H13N5O. The number of carbonyl (C=O) groups excluding carboxylic acids is 1. The van der Waals surface area contributed by atoms with E-state index in [1.807, 2.05) is 37.3 Å². The van der Waals surface area contributed by atoms with Gasteiger partial charge in [0.2, 0.25) is 0 Å². The number of rotatable bonds is 2. The number of hydrogen-bond acceptors (Lipinski definition) is 4. The molecule has 2 aromatic heterocycles. The Kier molecular flexibility index (Phi) is 2.71. The topological polar surface area (TPSA) is 86.7 Å². The van der Waals surface area contributed by atoms with Crippen LogP contribution in [0.1, 0.15) is 16.2 Å². The maximum Gasteiger partial charge on any atom is 0.269 e. The lowest BCUT2D eigenvalue weighted by Crippen LogP contribution is -2.16. The van der Waals surface area contributed by atoms with Crippen LogP contribution in [-0.4, -0.2) is 25.7 Å². The van der Waals surface area contributed by atoms with Gasteiger partial charge in [-0.25, -0.2) is 14.6 Å². The molecule has 0 saturated carbocycles. The van der Waals surface area contributed by atoms with Gasteiger partial charge in [-0.15, -0.1) is 0 Å². The monoisotopic (exact) mass is 267 g/mol. The second-order valence-corrected chi connectivity index (χ2v) is 4.53. The zero-order valence-corrected chi connectivity index (χ0v) is 11.2. The number of benzene rings is 1. The van der Waals surface area contributed by atoms with Crippen LogP contribution in [0.5, 0.6) is 0 Å². The summed E-state index contributed by atoms with van der Waals surface area (Å²) in [6.45, 7) is 1.82. The van der Waals surface area contributed by atoms with Crippen LogP contribution in [0.4, 0.5) is 0 Å². The summed E-state index contributed by atoms with van der Waals surface area (Å²) in [7, 11) is 1.79. The lowest BCUT2D eigenvalue weighted by Gasteiger charge is -2.06. The molecule has 0 aliphatic heterocycles. The van der Waals surface area contributed by atoms with Crippen molar-refractivity contribution >= 4 is 17.1 Å². The zero-order valence-electron chi connectivity index (χ0n) is 11.2. The fraction of sp³-hybridized carbons (Fsp3) is 0.143. The molecule has 0 fully saturated rings. The molecule has 1 aromatic carbocycles. The van der Waals surface area contributed by atoms with E-state index in [2.05, 4.69) is 15.1 Å². The van der Waals surface area contributed by atoms with Crippen molar-refractivity contribution in [3.05, 3.63) is 41.7 Å². The minimum atomic E-state index is -0.596. The zero-order chi connectivity index (χ0) is 14.3. The van der Waals surface area contributed by atoms with Crippen LogP contribution < -0.4 is 5.73 Å². The highest BCUT2D eigenvalue weighted by Crippen LogP contribution is 2.23. The molecule has 0 atom stereocenters. The van der Waals surface area contributed by atoms with Crippen LogP contribution in [0.15, 0.2) is 30.3 Å². The van der Waals surface area contributed by atoms with Gasteiger partial charge in [0.25, 0.3) is 5.91 Å². The molecule has 0 bridgehead atoms. The van der Waals surface area contributed by atoms with Crippen LogP contribution in [0.25, 0.3) is 22.4 Å². The summed E-state index contributed by atoms with van der Waals surface area (Å²) in [6.07, 6.45) is 0. The van der Waals surface area contributed by atoms with E-state index in [4.69, 9.17) is 5.73 Å². The molecule has 0 aliphatic carbocycles. The molecule has 1 amide bonds. The summed E-state index contributed by atoms with van der Waals surface area (Å²) < 4.78 is 1.65. The fourth-order valence-corrected chi connectivity index (χ4v) is 2.18. The van der Waals surface area contributed by atoms with Gasteiger partial charge in [0, 0.05) is 12.6 Å². The van der Waals surface area contributed by atoms with Crippen molar-refractivity contribution < 1.29 is 4.79 Å². The summed E-state index contributed by atoms with van der Waals surface area (Å²) in [6, 6.07) is 9.38. The van der Waals surface area contributed by atoms with E-state index in [-0.39, 0.29) is 5.69 Å². The first-order valence-electron chi connectivity index (χ1n) is 6.14. The first-order valence-corrected chi connectivity index (χ1v) is 6.14. The second-order valence-electron chi connectivity index (χ2n) is 4.53. The third-order valence-electron chi connectivity index (χ3n) is 3.11. The fourth-order valence-electron chi connectivity index (χ4n) is 2.18. The van der Waals surface area contributed by atoms with E-state index in [9.17, 15) is 4.79 Å². The minimum absolute atomic E-state index is 0.166. The Balaban J connectivity index is 2.38. The minimum Gasteiger partial charge on any atom is -0.364 e. The molecule has 0 unspecified atom stereocenters. The molecule has 3 aromatic rings. The van der Waals surface area contributed by atoms with Crippen molar-refractivity contribution in [3.8, 4) is 11.3 Å². The van der Waals surface area contributed by atoms with E-state index >= 15 is 0 Å². The summed E-state index contributed by atoms with van der Waals surface area (Å²) in [5.41, 5.74) is 8.83. The van der Waals surface area contributed by atoms with E-state index < -0.39 is 5.91 Å². The predicted molar refractivity (Wildman–Crippen MR) is 75.0 cm³/mol. The van der Waals surface area contributed by atoms with E-state index in [1.165, 1.54) is 0 Å².